The van der Waals surface area contributed by atoms with E-state index in [9.17, 15) is 4.39 Å². The fraction of sp³-hybridized carbons (Fsp3) is 0. The van der Waals surface area contributed by atoms with Crippen molar-refractivity contribution >= 4 is 15.9 Å². The van der Waals surface area contributed by atoms with E-state index in [1.165, 1.54) is 12.1 Å². The summed E-state index contributed by atoms with van der Waals surface area (Å²) in [6, 6.07) is 7.94. The van der Waals surface area contributed by atoms with Crippen molar-refractivity contribution in [3.8, 4) is 17.2 Å². The number of nitriles is 1. The summed E-state index contributed by atoms with van der Waals surface area (Å²) in [5, 5.41) is 8.92. The molecule has 0 aliphatic carbocycles. The summed E-state index contributed by atoms with van der Waals surface area (Å²) in [4.78, 5) is 4.01. The Labute approximate surface area is 100 Å². The van der Waals surface area contributed by atoms with Gasteiger partial charge in [0.2, 0.25) is 0 Å². The molecule has 0 atom stereocenters. The maximum absolute atomic E-state index is 13.0. The third kappa shape index (κ3) is 2.10. The molecule has 0 aliphatic rings. The van der Waals surface area contributed by atoms with Crippen LogP contribution in [0.5, 0.6) is 0 Å². The molecule has 0 unspecified atom stereocenters. The van der Waals surface area contributed by atoms with Crippen LogP contribution in [0.25, 0.3) is 11.1 Å². The van der Waals surface area contributed by atoms with E-state index in [1.54, 1.807) is 18.5 Å². The summed E-state index contributed by atoms with van der Waals surface area (Å²) in [5.41, 5.74) is 1.77. The highest BCUT2D eigenvalue weighted by Crippen LogP contribution is 2.25. The molecule has 0 N–H and O–H groups in total. The normalized spacial score (nSPS) is 9.81. The first kappa shape index (κ1) is 10.8. The van der Waals surface area contributed by atoms with Crippen molar-refractivity contribution in [2.75, 3.05) is 0 Å². The zero-order valence-electron chi connectivity index (χ0n) is 8.11. The van der Waals surface area contributed by atoms with Gasteiger partial charge in [-0.25, -0.2) is 4.39 Å². The van der Waals surface area contributed by atoms with Gasteiger partial charge in [0, 0.05) is 28.0 Å². The second-order valence-corrected chi connectivity index (χ2v) is 4.11. The van der Waals surface area contributed by atoms with E-state index in [2.05, 4.69) is 20.9 Å². The van der Waals surface area contributed by atoms with Gasteiger partial charge in [0.25, 0.3) is 0 Å². The van der Waals surface area contributed by atoms with E-state index in [1.807, 2.05) is 12.1 Å². The number of hydrogen-bond donors (Lipinski definition) is 0. The average Bonchev–Trinajstić information content (AvgIpc) is 2.28. The smallest absolute Gasteiger partial charge is 0.124 e. The lowest BCUT2D eigenvalue weighted by atomic mass is 10.0. The Morgan fingerprint density at radius 3 is 2.75 bits per heavy atom. The molecule has 0 spiro atoms. The molecule has 0 bridgehead atoms. The van der Waals surface area contributed by atoms with E-state index < -0.39 is 5.82 Å². The highest BCUT2D eigenvalue weighted by Gasteiger charge is 2.06. The Bertz CT molecular complexity index is 575. The first-order chi connectivity index (χ1) is 7.70. The van der Waals surface area contributed by atoms with Crippen LogP contribution in [-0.2, 0) is 0 Å². The Balaban J connectivity index is 2.61. The maximum atomic E-state index is 13.0. The number of aromatic nitrogens is 1. The number of nitrogens with zero attached hydrogens (tertiary/aromatic N) is 2. The molecule has 0 saturated carbocycles. The Kier molecular flexibility index (Phi) is 2.97. The summed E-state index contributed by atoms with van der Waals surface area (Å²) < 4.78 is 13.8. The summed E-state index contributed by atoms with van der Waals surface area (Å²) in [7, 11) is 0. The summed E-state index contributed by atoms with van der Waals surface area (Å²) >= 11 is 3.30. The van der Waals surface area contributed by atoms with Crippen LogP contribution in [0.4, 0.5) is 4.39 Å². The van der Waals surface area contributed by atoms with E-state index in [4.69, 9.17) is 5.26 Å². The van der Waals surface area contributed by atoms with Gasteiger partial charge in [0.15, 0.2) is 0 Å². The SMILES string of the molecule is N#Cc1cc(F)ccc1-c1cncc(Br)c1. The molecule has 2 rings (SSSR count). The largest absolute Gasteiger partial charge is 0.263 e. The molecular formula is C12H6BrFN2. The van der Waals surface area contributed by atoms with Gasteiger partial charge in [-0.05, 0) is 34.1 Å². The summed E-state index contributed by atoms with van der Waals surface area (Å²) in [6.45, 7) is 0. The van der Waals surface area contributed by atoms with E-state index in [-0.39, 0.29) is 0 Å². The minimum atomic E-state index is -0.414. The van der Waals surface area contributed by atoms with Gasteiger partial charge in [-0.3, -0.25) is 4.98 Å². The number of rotatable bonds is 1. The van der Waals surface area contributed by atoms with Crippen molar-refractivity contribution in [3.63, 3.8) is 0 Å². The van der Waals surface area contributed by atoms with Crippen molar-refractivity contribution < 1.29 is 4.39 Å². The number of pyridine rings is 1. The first-order valence-electron chi connectivity index (χ1n) is 4.51. The molecule has 0 aliphatic heterocycles. The zero-order chi connectivity index (χ0) is 11.5. The quantitative estimate of drug-likeness (QED) is 0.799. The molecule has 1 aromatic carbocycles. The van der Waals surface area contributed by atoms with Crippen molar-refractivity contribution in [2.24, 2.45) is 0 Å². The molecule has 1 heterocycles. The molecular weight excluding hydrogens is 271 g/mol. The predicted molar refractivity (Wildman–Crippen MR) is 62.0 cm³/mol. The number of benzene rings is 1. The van der Waals surface area contributed by atoms with Gasteiger partial charge >= 0.3 is 0 Å². The third-order valence-corrected chi connectivity index (χ3v) is 2.55. The number of halogens is 2. The molecule has 0 saturated heterocycles. The van der Waals surface area contributed by atoms with Gasteiger partial charge in [0.05, 0.1) is 11.6 Å². The van der Waals surface area contributed by atoms with Gasteiger partial charge in [-0.2, -0.15) is 5.26 Å². The predicted octanol–water partition coefficient (Wildman–Crippen LogP) is 3.52. The van der Waals surface area contributed by atoms with Crippen molar-refractivity contribution in [3.05, 3.63) is 52.5 Å². The molecule has 78 valence electrons. The third-order valence-electron chi connectivity index (χ3n) is 2.12. The molecule has 1 aromatic heterocycles. The lowest BCUT2D eigenvalue weighted by Gasteiger charge is -2.04. The molecule has 0 radical (unpaired) electrons. The molecule has 0 amide bonds. The minimum Gasteiger partial charge on any atom is -0.263 e. The zero-order valence-corrected chi connectivity index (χ0v) is 9.70. The number of hydrogen-bond acceptors (Lipinski definition) is 2. The second-order valence-electron chi connectivity index (χ2n) is 3.19. The van der Waals surface area contributed by atoms with Crippen LogP contribution in [0.3, 0.4) is 0 Å². The highest BCUT2D eigenvalue weighted by atomic mass is 79.9. The summed E-state index contributed by atoms with van der Waals surface area (Å²) in [5.74, 6) is -0.414. The summed E-state index contributed by atoms with van der Waals surface area (Å²) in [6.07, 6.45) is 3.29. The van der Waals surface area contributed by atoms with Gasteiger partial charge in [-0.1, -0.05) is 6.07 Å². The Hall–Kier alpha value is -1.73. The van der Waals surface area contributed by atoms with Gasteiger partial charge < -0.3 is 0 Å². The molecule has 16 heavy (non-hydrogen) atoms. The van der Waals surface area contributed by atoms with Crippen molar-refractivity contribution in [1.29, 1.82) is 5.26 Å². The lowest BCUT2D eigenvalue weighted by Crippen LogP contribution is -1.87. The van der Waals surface area contributed by atoms with Crippen LogP contribution in [0.2, 0.25) is 0 Å². The molecule has 2 aromatic rings. The molecule has 2 nitrogen and oxygen atoms in total. The van der Waals surface area contributed by atoms with E-state index in [0.29, 0.717) is 11.1 Å². The Morgan fingerprint density at radius 1 is 1.25 bits per heavy atom. The standard InChI is InChI=1S/C12H6BrFN2/c13-10-3-9(6-16-7-10)12-2-1-11(14)4-8(12)5-15/h1-4,6-7H. The lowest BCUT2D eigenvalue weighted by molar-refractivity contribution is 0.627. The van der Waals surface area contributed by atoms with Crippen LogP contribution in [-0.4, -0.2) is 4.98 Å². The van der Waals surface area contributed by atoms with E-state index in [0.717, 1.165) is 10.0 Å². The van der Waals surface area contributed by atoms with Crippen molar-refractivity contribution in [2.45, 2.75) is 0 Å². The topological polar surface area (TPSA) is 36.7 Å². The highest BCUT2D eigenvalue weighted by molar-refractivity contribution is 9.10. The van der Waals surface area contributed by atoms with Gasteiger partial charge in [0.1, 0.15) is 5.82 Å². The monoisotopic (exact) mass is 276 g/mol. The van der Waals surface area contributed by atoms with Crippen LogP contribution in [0.15, 0.2) is 41.1 Å². The van der Waals surface area contributed by atoms with Crippen LogP contribution in [0.1, 0.15) is 5.56 Å². The molecule has 4 heteroatoms. The fourth-order valence-electron chi connectivity index (χ4n) is 1.42. The fourth-order valence-corrected chi connectivity index (χ4v) is 1.78. The maximum Gasteiger partial charge on any atom is 0.124 e. The minimum absolute atomic E-state index is 0.305. The Morgan fingerprint density at radius 2 is 2.06 bits per heavy atom. The average molecular weight is 277 g/mol. The first-order valence-corrected chi connectivity index (χ1v) is 5.30. The van der Waals surface area contributed by atoms with Gasteiger partial charge in [-0.15, -0.1) is 0 Å². The van der Waals surface area contributed by atoms with Crippen molar-refractivity contribution in [1.82, 2.24) is 4.98 Å². The van der Waals surface area contributed by atoms with Crippen LogP contribution < -0.4 is 0 Å². The van der Waals surface area contributed by atoms with Crippen LogP contribution >= 0.6 is 15.9 Å². The molecule has 0 fully saturated rings. The second kappa shape index (κ2) is 4.42. The van der Waals surface area contributed by atoms with Crippen LogP contribution in [0, 0.1) is 17.1 Å². The van der Waals surface area contributed by atoms with E-state index >= 15 is 0 Å².